The number of nitrogens with zero attached hydrogens (tertiary/aromatic N) is 1. The molecule has 4 aromatic rings. The van der Waals surface area contributed by atoms with Crippen LogP contribution in [0.25, 0.3) is 6.08 Å². The first-order valence-corrected chi connectivity index (χ1v) is 14.1. The summed E-state index contributed by atoms with van der Waals surface area (Å²) in [6, 6.07) is 33.2. The number of carboxylic acids is 1. The van der Waals surface area contributed by atoms with Crippen LogP contribution in [0.5, 0.6) is 11.5 Å². The molecule has 1 atom stereocenters. The summed E-state index contributed by atoms with van der Waals surface area (Å²) >= 11 is 0. The highest BCUT2D eigenvalue weighted by atomic mass is 16.5. The van der Waals surface area contributed by atoms with E-state index in [1.165, 1.54) is 0 Å². The molecule has 0 aromatic heterocycles. The standard InChI is InChI=1S/C35H37N3O4/c36-22-8-7-21-33(35(40)41)38(26-28-13-10-20-32(25-28)42-31-18-5-2-6-19-31)23-11-14-27-12-9-17-30(24-27)37-34(39)29-15-3-1-4-16-29/h1-6,9-20,24-25,33H,7-8,21-23,26,36H2,(H,37,39)(H,40,41)/b14-11+/t33-/m0/s1. The first-order chi connectivity index (χ1) is 20.5. The molecule has 4 rings (SSSR count). The molecule has 0 saturated carbocycles. The average Bonchev–Trinajstić information content (AvgIpc) is 3.00. The van der Waals surface area contributed by atoms with Crippen LogP contribution in [0.2, 0.25) is 0 Å². The second kappa shape index (κ2) is 15.9. The van der Waals surface area contributed by atoms with E-state index in [-0.39, 0.29) is 5.91 Å². The highest BCUT2D eigenvalue weighted by Crippen LogP contribution is 2.24. The van der Waals surface area contributed by atoms with Crippen molar-refractivity contribution in [3.63, 3.8) is 0 Å². The molecule has 0 heterocycles. The lowest BCUT2D eigenvalue weighted by Crippen LogP contribution is -2.41. The van der Waals surface area contributed by atoms with Crippen molar-refractivity contribution in [1.82, 2.24) is 4.90 Å². The number of amides is 1. The molecule has 0 spiro atoms. The van der Waals surface area contributed by atoms with Crippen LogP contribution < -0.4 is 15.8 Å². The average molecular weight is 564 g/mol. The first kappa shape index (κ1) is 30.2. The molecule has 216 valence electrons. The van der Waals surface area contributed by atoms with E-state index in [0.717, 1.165) is 29.7 Å². The van der Waals surface area contributed by atoms with Crippen LogP contribution in [0, 0.1) is 0 Å². The van der Waals surface area contributed by atoms with Crippen LogP contribution in [0.15, 0.2) is 115 Å². The number of para-hydroxylation sites is 1. The number of nitrogens with two attached hydrogens (primary N) is 1. The summed E-state index contributed by atoms with van der Waals surface area (Å²) in [4.78, 5) is 26.9. The Morgan fingerprint density at radius 2 is 1.57 bits per heavy atom. The third-order valence-corrected chi connectivity index (χ3v) is 6.75. The van der Waals surface area contributed by atoms with E-state index >= 15 is 0 Å². The highest BCUT2D eigenvalue weighted by molar-refractivity contribution is 6.04. The number of unbranched alkanes of at least 4 members (excludes halogenated alkanes) is 1. The second-order valence-corrected chi connectivity index (χ2v) is 9.98. The number of ether oxygens (including phenoxy) is 1. The van der Waals surface area contributed by atoms with Gasteiger partial charge in [0.15, 0.2) is 0 Å². The summed E-state index contributed by atoms with van der Waals surface area (Å²) in [5, 5.41) is 13.1. The smallest absolute Gasteiger partial charge is 0.320 e. The van der Waals surface area contributed by atoms with Crippen molar-refractivity contribution < 1.29 is 19.4 Å². The molecule has 42 heavy (non-hydrogen) atoms. The lowest BCUT2D eigenvalue weighted by Gasteiger charge is -2.28. The lowest BCUT2D eigenvalue weighted by molar-refractivity contribution is -0.143. The molecule has 0 bridgehead atoms. The Kier molecular flexibility index (Phi) is 11.5. The van der Waals surface area contributed by atoms with Crippen LogP contribution in [0.4, 0.5) is 5.69 Å². The number of nitrogens with one attached hydrogen (secondary N) is 1. The fourth-order valence-electron chi connectivity index (χ4n) is 4.65. The van der Waals surface area contributed by atoms with Gasteiger partial charge >= 0.3 is 5.97 Å². The molecule has 0 aliphatic rings. The van der Waals surface area contributed by atoms with Gasteiger partial charge in [0, 0.05) is 24.3 Å². The van der Waals surface area contributed by atoms with Crippen molar-refractivity contribution in [2.24, 2.45) is 5.73 Å². The van der Waals surface area contributed by atoms with E-state index in [1.54, 1.807) is 12.1 Å². The summed E-state index contributed by atoms with van der Waals surface area (Å²) in [6.07, 6.45) is 5.91. The van der Waals surface area contributed by atoms with Crippen molar-refractivity contribution in [2.45, 2.75) is 31.8 Å². The second-order valence-electron chi connectivity index (χ2n) is 9.98. The molecule has 0 aliphatic carbocycles. The first-order valence-electron chi connectivity index (χ1n) is 14.1. The molecular formula is C35H37N3O4. The molecule has 0 radical (unpaired) electrons. The Hall–Kier alpha value is -4.72. The number of anilines is 1. The minimum atomic E-state index is -0.859. The fraction of sp³-hybridized carbons (Fsp3) is 0.200. The van der Waals surface area contributed by atoms with Crippen molar-refractivity contribution in [2.75, 3.05) is 18.4 Å². The Bertz CT molecular complexity index is 1460. The molecular weight excluding hydrogens is 526 g/mol. The molecule has 7 nitrogen and oxygen atoms in total. The normalized spacial score (nSPS) is 11.9. The van der Waals surface area contributed by atoms with E-state index in [2.05, 4.69) is 5.32 Å². The number of aliphatic carboxylic acids is 1. The van der Waals surface area contributed by atoms with Gasteiger partial charge in [-0.1, -0.05) is 79.2 Å². The van der Waals surface area contributed by atoms with Gasteiger partial charge in [-0.3, -0.25) is 14.5 Å². The molecule has 7 heteroatoms. The lowest BCUT2D eigenvalue weighted by atomic mass is 10.1. The summed E-state index contributed by atoms with van der Waals surface area (Å²) in [7, 11) is 0. The fourth-order valence-corrected chi connectivity index (χ4v) is 4.65. The van der Waals surface area contributed by atoms with Crippen LogP contribution in [-0.4, -0.2) is 41.0 Å². The third kappa shape index (κ3) is 9.44. The van der Waals surface area contributed by atoms with E-state index < -0.39 is 12.0 Å². The molecule has 0 fully saturated rings. The maximum absolute atomic E-state index is 12.6. The van der Waals surface area contributed by atoms with E-state index in [9.17, 15) is 14.7 Å². The van der Waals surface area contributed by atoms with E-state index in [4.69, 9.17) is 10.5 Å². The molecule has 0 unspecified atom stereocenters. The highest BCUT2D eigenvalue weighted by Gasteiger charge is 2.24. The number of rotatable bonds is 15. The number of carbonyl (C=O) groups is 2. The molecule has 4 N–H and O–H groups in total. The van der Waals surface area contributed by atoms with Crippen molar-refractivity contribution in [3.05, 3.63) is 132 Å². The Balaban J connectivity index is 1.48. The molecule has 4 aromatic carbocycles. The monoisotopic (exact) mass is 563 g/mol. The Morgan fingerprint density at radius 1 is 0.857 bits per heavy atom. The summed E-state index contributed by atoms with van der Waals surface area (Å²) in [6.45, 7) is 1.38. The van der Waals surface area contributed by atoms with Gasteiger partial charge in [0.1, 0.15) is 17.5 Å². The number of hydrogen-bond acceptors (Lipinski definition) is 5. The van der Waals surface area contributed by atoms with Gasteiger partial charge in [-0.15, -0.1) is 0 Å². The van der Waals surface area contributed by atoms with Crippen LogP contribution >= 0.6 is 0 Å². The topological polar surface area (TPSA) is 105 Å². The zero-order chi connectivity index (χ0) is 29.6. The number of carboxylic acid groups (broad SMARTS) is 1. The predicted molar refractivity (Wildman–Crippen MR) is 168 cm³/mol. The van der Waals surface area contributed by atoms with Gasteiger partial charge in [0.05, 0.1) is 0 Å². The van der Waals surface area contributed by atoms with Crippen molar-refractivity contribution in [1.29, 1.82) is 0 Å². The van der Waals surface area contributed by atoms with Gasteiger partial charge < -0.3 is 20.9 Å². The Morgan fingerprint density at radius 3 is 2.31 bits per heavy atom. The van der Waals surface area contributed by atoms with Crippen molar-refractivity contribution >= 4 is 23.6 Å². The van der Waals surface area contributed by atoms with Gasteiger partial charge in [-0.2, -0.15) is 0 Å². The molecule has 0 aliphatic heterocycles. The maximum atomic E-state index is 12.6. The summed E-state index contributed by atoms with van der Waals surface area (Å²) < 4.78 is 6.00. The van der Waals surface area contributed by atoms with Crippen LogP contribution in [0.3, 0.4) is 0 Å². The Labute approximate surface area is 247 Å². The summed E-state index contributed by atoms with van der Waals surface area (Å²) in [5.41, 5.74) is 8.80. The van der Waals surface area contributed by atoms with Crippen LogP contribution in [-0.2, 0) is 11.3 Å². The molecule has 0 saturated heterocycles. The van der Waals surface area contributed by atoms with Gasteiger partial charge in [0.25, 0.3) is 5.91 Å². The van der Waals surface area contributed by atoms with Crippen molar-refractivity contribution in [3.8, 4) is 11.5 Å². The molecule has 1 amide bonds. The van der Waals surface area contributed by atoms with E-state index in [1.807, 2.05) is 114 Å². The number of hydrogen-bond donors (Lipinski definition) is 3. The number of carbonyl (C=O) groups excluding carboxylic acids is 1. The van der Waals surface area contributed by atoms with Gasteiger partial charge in [0.2, 0.25) is 0 Å². The minimum Gasteiger partial charge on any atom is -0.480 e. The van der Waals surface area contributed by atoms with Gasteiger partial charge in [-0.05, 0) is 79.0 Å². The van der Waals surface area contributed by atoms with E-state index in [0.29, 0.717) is 43.1 Å². The van der Waals surface area contributed by atoms with Gasteiger partial charge in [-0.25, -0.2) is 0 Å². The largest absolute Gasteiger partial charge is 0.480 e. The third-order valence-electron chi connectivity index (χ3n) is 6.75. The zero-order valence-corrected chi connectivity index (χ0v) is 23.6. The maximum Gasteiger partial charge on any atom is 0.320 e. The number of benzene rings is 4. The quantitative estimate of drug-likeness (QED) is 0.137. The zero-order valence-electron chi connectivity index (χ0n) is 23.6. The summed E-state index contributed by atoms with van der Waals surface area (Å²) in [5.74, 6) is 0.395. The predicted octanol–water partition coefficient (Wildman–Crippen LogP) is 6.83. The minimum absolute atomic E-state index is 0.178. The SMILES string of the molecule is NCCCC[C@@H](C(=O)O)N(C/C=C/c1cccc(NC(=O)c2ccccc2)c1)Cc1cccc(Oc2ccccc2)c1. The van der Waals surface area contributed by atoms with Crippen LogP contribution in [0.1, 0.15) is 40.7 Å².